The predicted octanol–water partition coefficient (Wildman–Crippen LogP) is 3.29. The second kappa shape index (κ2) is 9.60. The van der Waals surface area contributed by atoms with Crippen LogP contribution in [0.2, 0.25) is 0 Å². The Labute approximate surface area is 143 Å². The van der Waals surface area contributed by atoms with Gasteiger partial charge in [-0.1, -0.05) is 31.5 Å². The molecule has 0 spiro atoms. The van der Waals surface area contributed by atoms with E-state index in [1.165, 1.54) is 5.56 Å². The third-order valence-electron chi connectivity index (χ3n) is 3.64. The molecule has 2 aromatic rings. The van der Waals surface area contributed by atoms with E-state index in [1.807, 2.05) is 18.2 Å². The summed E-state index contributed by atoms with van der Waals surface area (Å²) in [5.74, 6) is 2.46. The number of ether oxygens (including phenoxy) is 2. The number of benzene rings is 1. The number of rotatable bonds is 10. The van der Waals surface area contributed by atoms with Gasteiger partial charge in [0.1, 0.15) is 5.75 Å². The fraction of sp³-hybridized carbons (Fsp3) is 0.444. The van der Waals surface area contributed by atoms with Gasteiger partial charge in [0.05, 0.1) is 19.9 Å². The van der Waals surface area contributed by atoms with Gasteiger partial charge in [0.15, 0.2) is 11.6 Å². The van der Waals surface area contributed by atoms with Crippen molar-refractivity contribution in [2.24, 2.45) is 0 Å². The van der Waals surface area contributed by atoms with E-state index in [1.54, 1.807) is 13.3 Å². The number of nitrogen functional groups attached to an aromatic ring is 1. The molecule has 3 N–H and O–H groups in total. The SMILES string of the molecule is CCCCNc1nc(N)ncc1OCCCc1ccccc1OC. The van der Waals surface area contributed by atoms with Crippen molar-refractivity contribution in [1.29, 1.82) is 0 Å². The molecule has 1 aromatic carbocycles. The number of nitrogens with zero attached hydrogens (tertiary/aromatic N) is 2. The molecule has 6 nitrogen and oxygen atoms in total. The summed E-state index contributed by atoms with van der Waals surface area (Å²) in [6.45, 7) is 3.56. The van der Waals surface area contributed by atoms with E-state index in [0.29, 0.717) is 18.2 Å². The van der Waals surface area contributed by atoms with Crippen LogP contribution in [0.25, 0.3) is 0 Å². The van der Waals surface area contributed by atoms with Crippen molar-refractivity contribution in [1.82, 2.24) is 9.97 Å². The average molecular weight is 330 g/mol. The summed E-state index contributed by atoms with van der Waals surface area (Å²) in [5, 5.41) is 3.26. The zero-order valence-electron chi connectivity index (χ0n) is 14.4. The molecular weight excluding hydrogens is 304 g/mol. The van der Waals surface area contributed by atoms with Gasteiger partial charge >= 0.3 is 0 Å². The second-order valence-electron chi connectivity index (χ2n) is 5.49. The molecule has 0 aliphatic carbocycles. The van der Waals surface area contributed by atoms with Crippen LogP contribution >= 0.6 is 0 Å². The van der Waals surface area contributed by atoms with E-state index in [2.05, 4.69) is 28.3 Å². The molecule has 1 aromatic heterocycles. The first-order chi connectivity index (χ1) is 11.7. The topological polar surface area (TPSA) is 82.3 Å². The minimum atomic E-state index is 0.246. The fourth-order valence-corrected chi connectivity index (χ4v) is 2.35. The van der Waals surface area contributed by atoms with Crippen LogP contribution in [0.3, 0.4) is 0 Å². The van der Waals surface area contributed by atoms with Gasteiger partial charge in [0.2, 0.25) is 5.95 Å². The summed E-state index contributed by atoms with van der Waals surface area (Å²) in [5.41, 5.74) is 6.84. The zero-order valence-corrected chi connectivity index (χ0v) is 14.4. The number of aryl methyl sites for hydroxylation is 1. The average Bonchev–Trinajstić information content (AvgIpc) is 2.60. The lowest BCUT2D eigenvalue weighted by Crippen LogP contribution is -2.09. The summed E-state index contributed by atoms with van der Waals surface area (Å²) >= 11 is 0. The van der Waals surface area contributed by atoms with E-state index in [9.17, 15) is 0 Å². The maximum Gasteiger partial charge on any atom is 0.222 e. The summed E-state index contributed by atoms with van der Waals surface area (Å²) in [4.78, 5) is 8.23. The highest BCUT2D eigenvalue weighted by Gasteiger charge is 2.07. The van der Waals surface area contributed by atoms with Crippen LogP contribution in [0.1, 0.15) is 31.7 Å². The van der Waals surface area contributed by atoms with Crippen molar-refractivity contribution < 1.29 is 9.47 Å². The number of unbranched alkanes of at least 4 members (excludes halogenated alkanes) is 1. The van der Waals surface area contributed by atoms with Crippen LogP contribution in [0, 0.1) is 0 Å². The van der Waals surface area contributed by atoms with Crippen molar-refractivity contribution in [3.8, 4) is 11.5 Å². The Morgan fingerprint density at radius 1 is 1.17 bits per heavy atom. The monoisotopic (exact) mass is 330 g/mol. The molecule has 0 radical (unpaired) electrons. The number of hydrogen-bond acceptors (Lipinski definition) is 6. The lowest BCUT2D eigenvalue weighted by molar-refractivity contribution is 0.309. The Bertz CT molecular complexity index is 634. The van der Waals surface area contributed by atoms with E-state index < -0.39 is 0 Å². The van der Waals surface area contributed by atoms with Crippen LogP contribution < -0.4 is 20.5 Å². The zero-order chi connectivity index (χ0) is 17.2. The van der Waals surface area contributed by atoms with Crippen LogP contribution in [0.15, 0.2) is 30.5 Å². The second-order valence-corrected chi connectivity index (χ2v) is 5.49. The smallest absolute Gasteiger partial charge is 0.222 e. The fourth-order valence-electron chi connectivity index (χ4n) is 2.35. The molecule has 2 rings (SSSR count). The van der Waals surface area contributed by atoms with Crippen LogP contribution in [0.5, 0.6) is 11.5 Å². The quantitative estimate of drug-likeness (QED) is 0.651. The molecule has 0 unspecified atom stereocenters. The summed E-state index contributed by atoms with van der Waals surface area (Å²) < 4.78 is 11.2. The van der Waals surface area contributed by atoms with Gasteiger partial charge in [-0.15, -0.1) is 0 Å². The third-order valence-corrected chi connectivity index (χ3v) is 3.64. The number of methoxy groups -OCH3 is 1. The van der Waals surface area contributed by atoms with Crippen molar-refractivity contribution in [2.45, 2.75) is 32.6 Å². The van der Waals surface area contributed by atoms with Crippen molar-refractivity contribution in [2.75, 3.05) is 31.3 Å². The number of hydrogen-bond donors (Lipinski definition) is 2. The van der Waals surface area contributed by atoms with Crippen LogP contribution in [0.4, 0.5) is 11.8 Å². The molecule has 24 heavy (non-hydrogen) atoms. The van der Waals surface area contributed by atoms with E-state index in [0.717, 1.165) is 38.0 Å². The molecule has 0 aliphatic heterocycles. The van der Waals surface area contributed by atoms with Crippen molar-refractivity contribution >= 4 is 11.8 Å². The van der Waals surface area contributed by atoms with Crippen molar-refractivity contribution in [3.63, 3.8) is 0 Å². The largest absolute Gasteiger partial charge is 0.496 e. The van der Waals surface area contributed by atoms with Gasteiger partial charge in [-0.3, -0.25) is 0 Å². The van der Waals surface area contributed by atoms with Gasteiger partial charge < -0.3 is 20.5 Å². The lowest BCUT2D eigenvalue weighted by atomic mass is 10.1. The first-order valence-corrected chi connectivity index (χ1v) is 8.35. The van der Waals surface area contributed by atoms with Gasteiger partial charge in [-0.25, -0.2) is 4.98 Å². The molecule has 130 valence electrons. The molecule has 0 bridgehead atoms. The van der Waals surface area contributed by atoms with Crippen LogP contribution in [-0.4, -0.2) is 30.2 Å². The number of aromatic nitrogens is 2. The minimum Gasteiger partial charge on any atom is -0.496 e. The first-order valence-electron chi connectivity index (χ1n) is 8.35. The Morgan fingerprint density at radius 2 is 2.00 bits per heavy atom. The molecule has 0 saturated heterocycles. The molecule has 0 fully saturated rings. The first kappa shape index (κ1) is 17.8. The van der Waals surface area contributed by atoms with E-state index in [-0.39, 0.29) is 5.95 Å². The lowest BCUT2D eigenvalue weighted by Gasteiger charge is -2.12. The summed E-state index contributed by atoms with van der Waals surface area (Å²) in [6.07, 6.45) is 5.57. The Balaban J connectivity index is 1.87. The predicted molar refractivity (Wildman–Crippen MR) is 96.7 cm³/mol. The van der Waals surface area contributed by atoms with E-state index in [4.69, 9.17) is 15.2 Å². The highest BCUT2D eigenvalue weighted by molar-refractivity contribution is 5.51. The number of nitrogens with one attached hydrogen (secondary N) is 1. The molecule has 0 aliphatic rings. The van der Waals surface area contributed by atoms with Crippen LogP contribution in [-0.2, 0) is 6.42 Å². The Kier molecular flexibility index (Phi) is 7.14. The van der Waals surface area contributed by atoms with Gasteiger partial charge in [-0.2, -0.15) is 4.98 Å². The van der Waals surface area contributed by atoms with Gasteiger partial charge in [0, 0.05) is 6.54 Å². The molecule has 1 heterocycles. The standard InChI is InChI=1S/C18H26N4O2/c1-3-4-11-20-17-16(13-21-18(19)22-17)24-12-7-9-14-8-5-6-10-15(14)23-2/h5-6,8,10,13H,3-4,7,9,11-12H2,1-2H3,(H3,19,20,21,22). The summed E-state index contributed by atoms with van der Waals surface area (Å²) in [6, 6.07) is 8.03. The highest BCUT2D eigenvalue weighted by Crippen LogP contribution is 2.23. The van der Waals surface area contributed by atoms with E-state index >= 15 is 0 Å². The Hall–Kier alpha value is -2.50. The maximum atomic E-state index is 5.83. The number of para-hydroxylation sites is 1. The van der Waals surface area contributed by atoms with Gasteiger partial charge in [0.25, 0.3) is 0 Å². The molecule has 0 atom stereocenters. The normalized spacial score (nSPS) is 10.4. The maximum absolute atomic E-state index is 5.83. The third kappa shape index (κ3) is 5.30. The number of nitrogens with two attached hydrogens (primary N) is 1. The minimum absolute atomic E-state index is 0.246. The summed E-state index contributed by atoms with van der Waals surface area (Å²) in [7, 11) is 1.69. The Morgan fingerprint density at radius 3 is 2.79 bits per heavy atom. The molecule has 0 saturated carbocycles. The highest BCUT2D eigenvalue weighted by atomic mass is 16.5. The van der Waals surface area contributed by atoms with Crippen molar-refractivity contribution in [3.05, 3.63) is 36.0 Å². The molecule has 6 heteroatoms. The number of anilines is 2. The molecule has 0 amide bonds. The van der Waals surface area contributed by atoms with Gasteiger partial charge in [-0.05, 0) is 30.9 Å². The molecular formula is C18H26N4O2.